The predicted molar refractivity (Wildman–Crippen MR) is 80.1 cm³/mol. The number of pyridine rings is 1. The van der Waals surface area contributed by atoms with Crippen molar-refractivity contribution < 1.29 is 9.53 Å². The molecule has 0 aliphatic heterocycles. The maximum absolute atomic E-state index is 11.8. The molecule has 1 aromatic heterocycles. The molecule has 0 N–H and O–H groups in total. The van der Waals surface area contributed by atoms with E-state index in [1.54, 1.807) is 0 Å². The molecule has 1 aromatic rings. The molecule has 20 heavy (non-hydrogen) atoms. The highest BCUT2D eigenvalue weighted by molar-refractivity contribution is 5.73. The lowest BCUT2D eigenvalue weighted by Gasteiger charge is -2.26. The normalized spacial score (nSPS) is 20.1. The number of hydrogen-bond acceptors (Lipinski definition) is 3. The second kappa shape index (κ2) is 6.69. The van der Waals surface area contributed by atoms with E-state index >= 15 is 0 Å². The summed E-state index contributed by atoms with van der Waals surface area (Å²) in [6.45, 7) is 6.32. The first-order valence-electron chi connectivity index (χ1n) is 7.40. The molecule has 0 amide bonds. The summed E-state index contributed by atoms with van der Waals surface area (Å²) >= 11 is 0. The number of aromatic nitrogens is 1. The third-order valence-corrected chi connectivity index (χ3v) is 4.08. The van der Waals surface area contributed by atoms with Gasteiger partial charge < -0.3 is 4.74 Å². The van der Waals surface area contributed by atoms with E-state index in [4.69, 9.17) is 4.74 Å². The minimum Gasteiger partial charge on any atom is -0.466 e. The molecule has 1 aliphatic carbocycles. The molecule has 0 saturated carbocycles. The second-order valence-electron chi connectivity index (χ2n) is 5.49. The molecule has 3 nitrogen and oxygen atoms in total. The Morgan fingerprint density at radius 2 is 2.35 bits per heavy atom. The first-order valence-corrected chi connectivity index (χ1v) is 7.40. The van der Waals surface area contributed by atoms with Gasteiger partial charge in [0.2, 0.25) is 0 Å². The molecule has 2 unspecified atom stereocenters. The Kier molecular flexibility index (Phi) is 4.94. The Balaban J connectivity index is 2.01. The number of rotatable bonds is 4. The molecule has 0 fully saturated rings. The van der Waals surface area contributed by atoms with E-state index in [1.165, 1.54) is 11.1 Å². The van der Waals surface area contributed by atoms with Gasteiger partial charge in [-0.15, -0.1) is 0 Å². The van der Waals surface area contributed by atoms with E-state index in [-0.39, 0.29) is 11.9 Å². The van der Waals surface area contributed by atoms with Crippen molar-refractivity contribution in [3.05, 3.63) is 35.7 Å². The largest absolute Gasteiger partial charge is 0.466 e. The van der Waals surface area contributed by atoms with Crippen molar-refractivity contribution in [1.82, 2.24) is 4.98 Å². The van der Waals surface area contributed by atoms with Gasteiger partial charge in [0.25, 0.3) is 0 Å². The molecule has 2 atom stereocenters. The maximum atomic E-state index is 11.8. The van der Waals surface area contributed by atoms with Crippen molar-refractivity contribution in [2.24, 2.45) is 11.8 Å². The zero-order chi connectivity index (χ0) is 14.5. The summed E-state index contributed by atoms with van der Waals surface area (Å²) < 4.78 is 5.12. The summed E-state index contributed by atoms with van der Waals surface area (Å²) in [7, 11) is 0. The topological polar surface area (TPSA) is 39.2 Å². The average Bonchev–Trinajstić information content (AvgIpc) is 2.47. The summed E-state index contributed by atoms with van der Waals surface area (Å²) in [5, 5.41) is 0. The smallest absolute Gasteiger partial charge is 0.308 e. The van der Waals surface area contributed by atoms with E-state index in [1.807, 2.05) is 27.0 Å². The fraction of sp³-hybridized carbons (Fsp3) is 0.529. The van der Waals surface area contributed by atoms with Crippen molar-refractivity contribution in [3.63, 3.8) is 0 Å². The number of hydrogen-bond donors (Lipinski definition) is 0. The third kappa shape index (κ3) is 3.47. The molecule has 0 saturated heterocycles. The van der Waals surface area contributed by atoms with Crippen LogP contribution in [0, 0.1) is 18.8 Å². The van der Waals surface area contributed by atoms with Gasteiger partial charge in [0.15, 0.2) is 0 Å². The predicted octanol–water partition coefficient (Wildman–Crippen LogP) is 3.77. The summed E-state index contributed by atoms with van der Waals surface area (Å²) in [5.41, 5.74) is 3.69. The van der Waals surface area contributed by atoms with Crippen LogP contribution in [0.5, 0.6) is 0 Å². The van der Waals surface area contributed by atoms with Crippen molar-refractivity contribution in [3.8, 4) is 0 Å². The fourth-order valence-corrected chi connectivity index (χ4v) is 2.78. The van der Waals surface area contributed by atoms with Crippen molar-refractivity contribution >= 4 is 11.5 Å². The van der Waals surface area contributed by atoms with Crippen LogP contribution in [-0.2, 0) is 9.53 Å². The Hall–Kier alpha value is -1.64. The van der Waals surface area contributed by atoms with Crippen LogP contribution < -0.4 is 0 Å². The SMILES string of the molecule is CCOC(=O)C(C)C1CC=C(c2ccnc(C)c2)CC1. The third-order valence-electron chi connectivity index (χ3n) is 4.08. The lowest BCUT2D eigenvalue weighted by atomic mass is 9.80. The van der Waals surface area contributed by atoms with Crippen LogP contribution in [0.15, 0.2) is 24.4 Å². The van der Waals surface area contributed by atoms with Gasteiger partial charge in [-0.2, -0.15) is 0 Å². The van der Waals surface area contributed by atoms with Gasteiger partial charge in [-0.1, -0.05) is 13.0 Å². The summed E-state index contributed by atoms with van der Waals surface area (Å²) in [6.07, 6.45) is 7.17. The number of ether oxygens (including phenoxy) is 1. The quantitative estimate of drug-likeness (QED) is 0.784. The molecule has 2 rings (SSSR count). The van der Waals surface area contributed by atoms with Gasteiger partial charge in [-0.25, -0.2) is 0 Å². The van der Waals surface area contributed by atoms with Gasteiger partial charge in [-0.05, 0) is 62.3 Å². The fourth-order valence-electron chi connectivity index (χ4n) is 2.78. The van der Waals surface area contributed by atoms with Gasteiger partial charge in [-0.3, -0.25) is 9.78 Å². The van der Waals surface area contributed by atoms with Gasteiger partial charge in [0.05, 0.1) is 12.5 Å². The number of esters is 1. The molecule has 0 radical (unpaired) electrons. The zero-order valence-electron chi connectivity index (χ0n) is 12.6. The Bertz CT molecular complexity index is 507. The van der Waals surface area contributed by atoms with Crippen LogP contribution in [0.1, 0.15) is 44.4 Å². The summed E-state index contributed by atoms with van der Waals surface area (Å²) in [5.74, 6) is 0.335. The van der Waals surface area contributed by atoms with E-state index in [0.717, 1.165) is 25.0 Å². The van der Waals surface area contributed by atoms with Crippen molar-refractivity contribution in [2.45, 2.75) is 40.0 Å². The van der Waals surface area contributed by atoms with Crippen LogP contribution in [0.25, 0.3) is 5.57 Å². The number of carbonyl (C=O) groups is 1. The highest BCUT2D eigenvalue weighted by Crippen LogP contribution is 2.34. The van der Waals surface area contributed by atoms with Crippen LogP contribution in [-0.4, -0.2) is 17.6 Å². The number of carbonyl (C=O) groups excluding carboxylic acids is 1. The maximum Gasteiger partial charge on any atom is 0.308 e. The van der Waals surface area contributed by atoms with E-state index in [9.17, 15) is 4.79 Å². The van der Waals surface area contributed by atoms with Gasteiger partial charge >= 0.3 is 5.97 Å². The summed E-state index contributed by atoms with van der Waals surface area (Å²) in [6, 6.07) is 4.19. The highest BCUT2D eigenvalue weighted by Gasteiger charge is 2.26. The Morgan fingerprint density at radius 3 is 2.95 bits per heavy atom. The number of nitrogens with zero attached hydrogens (tertiary/aromatic N) is 1. The standard InChI is InChI=1S/C17H23NO2/c1-4-20-17(19)13(3)14-5-7-15(8-6-14)16-9-10-18-12(2)11-16/h7,9-11,13-14H,4-6,8H2,1-3H3. The van der Waals surface area contributed by atoms with Crippen LogP contribution in [0.3, 0.4) is 0 Å². The molecular formula is C17H23NO2. The second-order valence-corrected chi connectivity index (χ2v) is 5.49. The lowest BCUT2D eigenvalue weighted by Crippen LogP contribution is -2.24. The van der Waals surface area contributed by atoms with Gasteiger partial charge in [0, 0.05) is 11.9 Å². The van der Waals surface area contributed by atoms with Crippen molar-refractivity contribution in [2.75, 3.05) is 6.61 Å². The molecule has 0 aromatic carbocycles. The lowest BCUT2D eigenvalue weighted by molar-refractivity contribution is -0.149. The van der Waals surface area contributed by atoms with Crippen LogP contribution in [0.4, 0.5) is 0 Å². The first kappa shape index (κ1) is 14.8. The average molecular weight is 273 g/mol. The van der Waals surface area contributed by atoms with E-state index < -0.39 is 0 Å². The molecule has 0 spiro atoms. The van der Waals surface area contributed by atoms with Crippen LogP contribution in [0.2, 0.25) is 0 Å². The highest BCUT2D eigenvalue weighted by atomic mass is 16.5. The molecule has 0 bridgehead atoms. The molecule has 108 valence electrons. The van der Waals surface area contributed by atoms with Gasteiger partial charge in [0.1, 0.15) is 0 Å². The number of aryl methyl sites for hydroxylation is 1. The first-order chi connectivity index (χ1) is 9.61. The number of allylic oxidation sites excluding steroid dienone is 2. The molecular weight excluding hydrogens is 250 g/mol. The Morgan fingerprint density at radius 1 is 1.55 bits per heavy atom. The minimum atomic E-state index is -0.0610. The molecule has 1 heterocycles. The van der Waals surface area contributed by atoms with Crippen LogP contribution >= 0.6 is 0 Å². The van der Waals surface area contributed by atoms with E-state index in [2.05, 4.69) is 23.2 Å². The monoisotopic (exact) mass is 273 g/mol. The zero-order valence-corrected chi connectivity index (χ0v) is 12.6. The summed E-state index contributed by atoms with van der Waals surface area (Å²) in [4.78, 5) is 16.0. The van der Waals surface area contributed by atoms with E-state index in [0.29, 0.717) is 12.5 Å². The van der Waals surface area contributed by atoms with Crippen molar-refractivity contribution in [1.29, 1.82) is 0 Å². The molecule has 1 aliphatic rings. The Labute approximate surface area is 121 Å². The molecule has 3 heteroatoms. The minimum absolute atomic E-state index is 0.00748.